The van der Waals surface area contributed by atoms with Crippen molar-refractivity contribution in [2.75, 3.05) is 25.5 Å². The number of amides is 2. The molecular formula is C14H19N3O3. The summed E-state index contributed by atoms with van der Waals surface area (Å²) in [5, 5.41) is 17.0. The maximum absolute atomic E-state index is 11.6. The Bertz CT molecular complexity index is 486. The molecule has 1 aromatic carbocycles. The largest absolute Gasteiger partial charge is 0.478 e. The van der Waals surface area contributed by atoms with Gasteiger partial charge in [-0.25, -0.2) is 9.59 Å². The topological polar surface area (TPSA) is 90.5 Å². The molecule has 0 saturated carbocycles. The van der Waals surface area contributed by atoms with E-state index >= 15 is 0 Å². The fourth-order valence-corrected chi connectivity index (χ4v) is 1.53. The molecule has 0 fully saturated rings. The maximum Gasteiger partial charge on any atom is 0.328 e. The molecule has 1 aromatic rings. The zero-order chi connectivity index (χ0) is 14.8. The number of hydrogen-bond donors (Lipinski definition) is 4. The number of rotatable bonds is 7. The van der Waals surface area contributed by atoms with Crippen LogP contribution in [0.1, 0.15) is 12.0 Å². The predicted octanol–water partition coefficient (Wildman–Crippen LogP) is 1.52. The summed E-state index contributed by atoms with van der Waals surface area (Å²) in [7, 11) is 1.86. The fourth-order valence-electron chi connectivity index (χ4n) is 1.53. The third kappa shape index (κ3) is 6.55. The molecule has 6 heteroatoms. The second kappa shape index (κ2) is 8.71. The van der Waals surface area contributed by atoms with Gasteiger partial charge in [-0.05, 0) is 43.8 Å². The summed E-state index contributed by atoms with van der Waals surface area (Å²) in [6.45, 7) is 1.43. The van der Waals surface area contributed by atoms with Crippen molar-refractivity contribution < 1.29 is 14.7 Å². The number of hydrogen-bond acceptors (Lipinski definition) is 3. The zero-order valence-corrected chi connectivity index (χ0v) is 11.3. The molecule has 0 saturated heterocycles. The van der Waals surface area contributed by atoms with Crippen LogP contribution >= 0.6 is 0 Å². The quantitative estimate of drug-likeness (QED) is 0.449. The minimum atomic E-state index is -1.01. The first-order chi connectivity index (χ1) is 9.61. The normalized spacial score (nSPS) is 10.4. The predicted molar refractivity (Wildman–Crippen MR) is 78.7 cm³/mol. The van der Waals surface area contributed by atoms with Gasteiger partial charge in [0.15, 0.2) is 0 Å². The number of aliphatic carboxylic acids is 1. The van der Waals surface area contributed by atoms with Crippen molar-refractivity contribution in [2.45, 2.75) is 6.42 Å². The van der Waals surface area contributed by atoms with Crippen LogP contribution in [0.25, 0.3) is 6.08 Å². The monoisotopic (exact) mass is 277 g/mol. The number of carbonyl (C=O) groups is 2. The summed E-state index contributed by atoms with van der Waals surface area (Å²) in [5.41, 5.74) is 1.32. The standard InChI is InChI=1S/C14H19N3O3/c1-15-8-3-9-16-14(20)17-12-5-2-4-11(10-12)6-7-13(18)19/h2,4-7,10,15H,3,8-9H2,1H3,(H,18,19)(H2,16,17,20)/b7-6+. The molecule has 0 aromatic heterocycles. The van der Waals surface area contributed by atoms with Gasteiger partial charge >= 0.3 is 12.0 Å². The van der Waals surface area contributed by atoms with Crippen LogP contribution in [0.15, 0.2) is 30.3 Å². The van der Waals surface area contributed by atoms with E-state index in [9.17, 15) is 9.59 Å². The van der Waals surface area contributed by atoms with Gasteiger partial charge in [0.1, 0.15) is 0 Å². The first-order valence-electron chi connectivity index (χ1n) is 6.32. The van der Waals surface area contributed by atoms with Crippen LogP contribution in [0.2, 0.25) is 0 Å². The molecule has 0 heterocycles. The van der Waals surface area contributed by atoms with E-state index in [1.54, 1.807) is 24.3 Å². The third-order valence-corrected chi connectivity index (χ3v) is 2.45. The minimum absolute atomic E-state index is 0.277. The highest BCUT2D eigenvalue weighted by Crippen LogP contribution is 2.11. The number of urea groups is 1. The molecule has 0 spiro atoms. The first-order valence-corrected chi connectivity index (χ1v) is 6.32. The van der Waals surface area contributed by atoms with Crippen molar-refractivity contribution in [1.82, 2.24) is 10.6 Å². The summed E-state index contributed by atoms with van der Waals surface area (Å²) < 4.78 is 0. The van der Waals surface area contributed by atoms with Gasteiger partial charge in [-0.3, -0.25) is 0 Å². The summed E-state index contributed by atoms with van der Waals surface area (Å²) >= 11 is 0. The molecule has 0 bridgehead atoms. The Morgan fingerprint density at radius 1 is 1.30 bits per heavy atom. The highest BCUT2D eigenvalue weighted by molar-refractivity contribution is 5.90. The van der Waals surface area contributed by atoms with Gasteiger partial charge in [0.25, 0.3) is 0 Å². The smallest absolute Gasteiger partial charge is 0.328 e. The highest BCUT2D eigenvalue weighted by Gasteiger charge is 2.01. The molecule has 0 aliphatic carbocycles. The van der Waals surface area contributed by atoms with E-state index < -0.39 is 5.97 Å². The molecule has 0 atom stereocenters. The van der Waals surface area contributed by atoms with Crippen LogP contribution in [0.5, 0.6) is 0 Å². The molecule has 20 heavy (non-hydrogen) atoms. The Kier molecular flexibility index (Phi) is 6.84. The van der Waals surface area contributed by atoms with Crippen LogP contribution in [-0.2, 0) is 4.79 Å². The van der Waals surface area contributed by atoms with Crippen molar-refractivity contribution in [2.24, 2.45) is 0 Å². The van der Waals surface area contributed by atoms with Crippen LogP contribution in [0.3, 0.4) is 0 Å². The number of carboxylic acids is 1. The van der Waals surface area contributed by atoms with Gasteiger partial charge in [-0.15, -0.1) is 0 Å². The Labute approximate surface area is 117 Å². The lowest BCUT2D eigenvalue weighted by Crippen LogP contribution is -2.30. The van der Waals surface area contributed by atoms with Gasteiger partial charge in [0, 0.05) is 18.3 Å². The average Bonchev–Trinajstić information content (AvgIpc) is 2.42. The first kappa shape index (κ1) is 15.7. The molecule has 0 unspecified atom stereocenters. The van der Waals surface area contributed by atoms with Crippen molar-refractivity contribution in [1.29, 1.82) is 0 Å². The van der Waals surface area contributed by atoms with Crippen molar-refractivity contribution in [3.05, 3.63) is 35.9 Å². The number of carboxylic acid groups (broad SMARTS) is 1. The maximum atomic E-state index is 11.6. The summed E-state index contributed by atoms with van der Waals surface area (Å²) in [6.07, 6.45) is 3.38. The highest BCUT2D eigenvalue weighted by atomic mass is 16.4. The Balaban J connectivity index is 2.49. The SMILES string of the molecule is CNCCCNC(=O)Nc1cccc(/C=C/C(=O)O)c1. The van der Waals surface area contributed by atoms with Gasteiger partial charge in [-0.1, -0.05) is 12.1 Å². The Morgan fingerprint density at radius 2 is 2.10 bits per heavy atom. The lowest BCUT2D eigenvalue weighted by Gasteiger charge is -2.08. The van der Waals surface area contributed by atoms with E-state index in [1.165, 1.54) is 6.08 Å². The van der Waals surface area contributed by atoms with E-state index in [0.717, 1.165) is 19.0 Å². The number of benzene rings is 1. The molecular weight excluding hydrogens is 258 g/mol. The summed E-state index contributed by atoms with van der Waals surface area (Å²) in [5.74, 6) is -1.01. The number of carbonyl (C=O) groups excluding carboxylic acids is 1. The Hall–Kier alpha value is -2.34. The zero-order valence-electron chi connectivity index (χ0n) is 11.3. The van der Waals surface area contributed by atoms with E-state index in [4.69, 9.17) is 5.11 Å². The van der Waals surface area contributed by atoms with Crippen molar-refractivity contribution >= 4 is 23.8 Å². The fraction of sp³-hybridized carbons (Fsp3) is 0.286. The van der Waals surface area contributed by atoms with Gasteiger partial charge in [0.2, 0.25) is 0 Å². The molecule has 0 aliphatic rings. The minimum Gasteiger partial charge on any atom is -0.478 e. The Morgan fingerprint density at radius 3 is 2.80 bits per heavy atom. The lowest BCUT2D eigenvalue weighted by molar-refractivity contribution is -0.131. The molecule has 108 valence electrons. The lowest BCUT2D eigenvalue weighted by atomic mass is 10.2. The molecule has 0 radical (unpaired) electrons. The average molecular weight is 277 g/mol. The second-order valence-electron chi connectivity index (χ2n) is 4.14. The van der Waals surface area contributed by atoms with Gasteiger partial charge in [-0.2, -0.15) is 0 Å². The number of anilines is 1. The van der Waals surface area contributed by atoms with E-state index in [2.05, 4.69) is 16.0 Å². The molecule has 4 N–H and O–H groups in total. The summed E-state index contributed by atoms with van der Waals surface area (Å²) in [4.78, 5) is 22.0. The second-order valence-corrected chi connectivity index (χ2v) is 4.14. The van der Waals surface area contributed by atoms with Crippen LogP contribution in [0, 0.1) is 0 Å². The van der Waals surface area contributed by atoms with Crippen LogP contribution in [0.4, 0.5) is 10.5 Å². The van der Waals surface area contributed by atoms with Gasteiger partial charge in [0.05, 0.1) is 0 Å². The molecule has 1 rings (SSSR count). The number of nitrogens with one attached hydrogen (secondary N) is 3. The summed E-state index contributed by atoms with van der Waals surface area (Å²) in [6, 6.07) is 6.67. The molecule has 6 nitrogen and oxygen atoms in total. The molecule has 2 amide bonds. The van der Waals surface area contributed by atoms with E-state index in [1.807, 2.05) is 7.05 Å². The van der Waals surface area contributed by atoms with Crippen LogP contribution in [-0.4, -0.2) is 37.2 Å². The van der Waals surface area contributed by atoms with E-state index in [-0.39, 0.29) is 6.03 Å². The van der Waals surface area contributed by atoms with Crippen molar-refractivity contribution in [3.8, 4) is 0 Å². The third-order valence-electron chi connectivity index (χ3n) is 2.45. The van der Waals surface area contributed by atoms with E-state index in [0.29, 0.717) is 17.8 Å². The molecule has 0 aliphatic heterocycles. The van der Waals surface area contributed by atoms with Gasteiger partial charge < -0.3 is 21.1 Å². The van der Waals surface area contributed by atoms with Crippen LogP contribution < -0.4 is 16.0 Å². The van der Waals surface area contributed by atoms with Crippen molar-refractivity contribution in [3.63, 3.8) is 0 Å².